The average molecular weight is 386 g/mol. The van der Waals surface area contributed by atoms with Gasteiger partial charge in [0.05, 0.1) is 17.3 Å². The first-order chi connectivity index (χ1) is 14.0. The molecule has 0 bridgehead atoms. The van der Waals surface area contributed by atoms with E-state index in [0.717, 1.165) is 17.7 Å². The van der Waals surface area contributed by atoms with E-state index in [4.69, 9.17) is 0 Å². The number of Topliss-reactive ketones (excluding diaryl/α,β-unsaturated/α-hetero) is 1. The van der Waals surface area contributed by atoms with E-state index in [1.54, 1.807) is 30.5 Å². The second-order valence-electron chi connectivity index (χ2n) is 6.62. The van der Waals surface area contributed by atoms with Gasteiger partial charge in [0.2, 0.25) is 0 Å². The van der Waals surface area contributed by atoms with E-state index in [1.807, 2.05) is 18.2 Å². The standard InChI is InChI=1S/C23H9F3N2O/c24-16-10-15-12(7-8-27)18(23(29)19(15)21(26)20(16)25)17-11-4-1-2-5-13(11)22-14(17)6-3-9-28-22/h1-7,9-10H/b12-7?,18-17-. The fourth-order valence-electron chi connectivity index (χ4n) is 4.02. The minimum absolute atomic E-state index is 0.0321. The Morgan fingerprint density at radius 3 is 2.38 bits per heavy atom. The number of pyridine rings is 1. The van der Waals surface area contributed by atoms with Crippen LogP contribution in [0.4, 0.5) is 13.2 Å². The highest BCUT2D eigenvalue weighted by Gasteiger charge is 2.40. The molecule has 0 amide bonds. The van der Waals surface area contributed by atoms with Crippen LogP contribution in [0, 0.1) is 28.8 Å². The first kappa shape index (κ1) is 17.1. The number of aromatic nitrogens is 1. The third kappa shape index (κ3) is 2.18. The Bertz CT molecular complexity index is 1320. The summed E-state index contributed by atoms with van der Waals surface area (Å²) in [7, 11) is 0. The summed E-state index contributed by atoms with van der Waals surface area (Å²) in [6, 6.07) is 13.3. The number of carbonyl (C=O) groups is 1. The molecule has 29 heavy (non-hydrogen) atoms. The molecule has 0 unspecified atom stereocenters. The van der Waals surface area contributed by atoms with Crippen LogP contribution in [-0.4, -0.2) is 10.8 Å². The lowest BCUT2D eigenvalue weighted by Crippen LogP contribution is -2.04. The van der Waals surface area contributed by atoms with E-state index in [1.165, 1.54) is 0 Å². The van der Waals surface area contributed by atoms with E-state index in [9.17, 15) is 23.2 Å². The predicted octanol–water partition coefficient (Wildman–Crippen LogP) is 5.08. The fraction of sp³-hybridized carbons (Fsp3) is 0. The van der Waals surface area contributed by atoms with Crippen LogP contribution in [0.25, 0.3) is 22.4 Å². The quantitative estimate of drug-likeness (QED) is 0.240. The molecule has 0 aliphatic heterocycles. The number of rotatable bonds is 0. The van der Waals surface area contributed by atoms with E-state index in [-0.39, 0.29) is 16.7 Å². The van der Waals surface area contributed by atoms with E-state index in [2.05, 4.69) is 4.98 Å². The molecular weight excluding hydrogens is 377 g/mol. The second-order valence-corrected chi connectivity index (χ2v) is 6.62. The third-order valence-electron chi connectivity index (χ3n) is 5.16. The predicted molar refractivity (Wildman–Crippen MR) is 99.9 cm³/mol. The molecule has 0 N–H and O–H groups in total. The molecule has 3 aromatic rings. The number of hydrogen-bond acceptors (Lipinski definition) is 3. The van der Waals surface area contributed by atoms with Crippen LogP contribution in [0.5, 0.6) is 0 Å². The molecule has 0 fully saturated rings. The van der Waals surface area contributed by atoms with Gasteiger partial charge in [-0.05, 0) is 17.7 Å². The normalized spacial score (nSPS) is 17.9. The van der Waals surface area contributed by atoms with Gasteiger partial charge in [-0.15, -0.1) is 0 Å². The molecule has 0 saturated heterocycles. The Balaban J connectivity index is 1.93. The van der Waals surface area contributed by atoms with E-state index >= 15 is 0 Å². The maximum absolute atomic E-state index is 14.5. The Morgan fingerprint density at radius 1 is 0.897 bits per heavy atom. The number of nitrogens with zero attached hydrogens (tertiary/aromatic N) is 2. The lowest BCUT2D eigenvalue weighted by atomic mass is 9.93. The van der Waals surface area contributed by atoms with E-state index < -0.39 is 28.8 Å². The van der Waals surface area contributed by atoms with Crippen molar-refractivity contribution in [2.24, 2.45) is 0 Å². The Kier molecular flexibility index (Phi) is 3.55. The summed E-state index contributed by atoms with van der Waals surface area (Å²) in [6.07, 6.45) is 2.67. The summed E-state index contributed by atoms with van der Waals surface area (Å²) >= 11 is 0. The highest BCUT2D eigenvalue weighted by atomic mass is 19.2. The number of halogens is 3. The van der Waals surface area contributed by atoms with Crippen molar-refractivity contribution in [2.45, 2.75) is 0 Å². The highest BCUT2D eigenvalue weighted by molar-refractivity contribution is 6.32. The Labute approximate surface area is 163 Å². The molecule has 0 saturated carbocycles. The molecule has 138 valence electrons. The van der Waals surface area contributed by atoms with Crippen LogP contribution in [0.15, 0.2) is 60.3 Å². The summed E-state index contributed by atoms with van der Waals surface area (Å²) in [5.41, 5.74) is 2.60. The van der Waals surface area contributed by atoms with Crippen molar-refractivity contribution in [2.75, 3.05) is 0 Å². The van der Waals surface area contributed by atoms with Crippen molar-refractivity contribution < 1.29 is 18.0 Å². The van der Waals surface area contributed by atoms with Crippen molar-refractivity contribution in [1.29, 1.82) is 5.26 Å². The first-order valence-corrected chi connectivity index (χ1v) is 8.66. The molecule has 1 aromatic heterocycles. The van der Waals surface area contributed by atoms with Gasteiger partial charge in [-0.3, -0.25) is 9.78 Å². The van der Waals surface area contributed by atoms with Crippen LogP contribution in [0.1, 0.15) is 27.0 Å². The molecule has 2 aromatic carbocycles. The second kappa shape index (κ2) is 6.01. The molecule has 0 spiro atoms. The number of benzene rings is 2. The number of nitriles is 1. The van der Waals surface area contributed by atoms with Crippen molar-refractivity contribution in [3.63, 3.8) is 0 Å². The number of ketones is 1. The monoisotopic (exact) mass is 386 g/mol. The molecule has 0 atom stereocenters. The number of allylic oxidation sites excluding steroid dienone is 3. The summed E-state index contributed by atoms with van der Waals surface area (Å²) in [5.74, 6) is -5.48. The van der Waals surface area contributed by atoms with Gasteiger partial charge in [0, 0.05) is 45.7 Å². The van der Waals surface area contributed by atoms with Crippen LogP contribution in [-0.2, 0) is 0 Å². The smallest absolute Gasteiger partial charge is 0.198 e. The molecule has 1 heterocycles. The molecule has 0 radical (unpaired) electrons. The van der Waals surface area contributed by atoms with Gasteiger partial charge < -0.3 is 0 Å². The minimum atomic E-state index is -1.71. The van der Waals surface area contributed by atoms with Crippen molar-refractivity contribution in [1.82, 2.24) is 4.98 Å². The van der Waals surface area contributed by atoms with Crippen molar-refractivity contribution >= 4 is 16.9 Å². The largest absolute Gasteiger partial charge is 0.288 e. The van der Waals surface area contributed by atoms with Gasteiger partial charge in [0.1, 0.15) is 0 Å². The summed E-state index contributed by atoms with van der Waals surface area (Å²) in [4.78, 5) is 17.6. The highest BCUT2D eigenvalue weighted by Crippen LogP contribution is 2.50. The molecule has 2 aliphatic carbocycles. The van der Waals surface area contributed by atoms with Crippen LogP contribution < -0.4 is 0 Å². The maximum atomic E-state index is 14.5. The molecular formula is C23H9F3N2O. The fourth-order valence-corrected chi connectivity index (χ4v) is 4.02. The van der Waals surface area contributed by atoms with Gasteiger partial charge in [0.15, 0.2) is 23.2 Å². The van der Waals surface area contributed by atoms with Gasteiger partial charge in [-0.25, -0.2) is 13.2 Å². The topological polar surface area (TPSA) is 53.8 Å². The zero-order valence-corrected chi connectivity index (χ0v) is 14.6. The van der Waals surface area contributed by atoms with Crippen molar-refractivity contribution in [3.05, 3.63) is 100 Å². The lowest BCUT2D eigenvalue weighted by Gasteiger charge is -2.08. The maximum Gasteiger partial charge on any atom is 0.198 e. The number of hydrogen-bond donors (Lipinski definition) is 0. The SMILES string of the molecule is N#CC=C1/C(=C2\c3ccccc3-c3ncccc32)C(=O)c2c1cc(F)c(F)c2F. The van der Waals surface area contributed by atoms with Gasteiger partial charge in [-0.2, -0.15) is 5.26 Å². The zero-order valence-electron chi connectivity index (χ0n) is 14.6. The van der Waals surface area contributed by atoms with Crippen molar-refractivity contribution in [3.8, 4) is 17.3 Å². The Hall–Kier alpha value is -3.98. The average Bonchev–Trinajstić information content (AvgIpc) is 3.19. The summed E-state index contributed by atoms with van der Waals surface area (Å²) in [5, 5.41) is 9.25. The molecule has 3 nitrogen and oxygen atoms in total. The van der Waals surface area contributed by atoms with Gasteiger partial charge in [0.25, 0.3) is 0 Å². The minimum Gasteiger partial charge on any atom is -0.288 e. The molecule has 5 rings (SSSR count). The number of carbonyl (C=O) groups excluding carboxylic acids is 1. The van der Waals surface area contributed by atoms with Gasteiger partial charge >= 0.3 is 0 Å². The van der Waals surface area contributed by atoms with Crippen LogP contribution in [0.3, 0.4) is 0 Å². The first-order valence-electron chi connectivity index (χ1n) is 8.66. The molecule has 6 heteroatoms. The van der Waals surface area contributed by atoms with Crippen LogP contribution in [0.2, 0.25) is 0 Å². The lowest BCUT2D eigenvalue weighted by molar-refractivity contribution is 0.103. The number of fused-ring (bicyclic) bond motifs is 4. The zero-order chi connectivity index (χ0) is 20.3. The van der Waals surface area contributed by atoms with Gasteiger partial charge in [-0.1, -0.05) is 30.3 Å². The van der Waals surface area contributed by atoms with Crippen LogP contribution >= 0.6 is 0 Å². The summed E-state index contributed by atoms with van der Waals surface area (Å²) in [6.45, 7) is 0. The third-order valence-corrected chi connectivity index (χ3v) is 5.16. The summed E-state index contributed by atoms with van der Waals surface area (Å²) < 4.78 is 42.2. The Morgan fingerprint density at radius 2 is 1.62 bits per heavy atom. The van der Waals surface area contributed by atoms with E-state index in [0.29, 0.717) is 22.4 Å². The molecule has 2 aliphatic rings.